The average Bonchev–Trinajstić information content (AvgIpc) is 3.10. The predicted molar refractivity (Wildman–Crippen MR) is 204 cm³/mol. The summed E-state index contributed by atoms with van der Waals surface area (Å²) in [6, 6.07) is 20.0. The van der Waals surface area contributed by atoms with Gasteiger partial charge in [-0.05, 0) is 98.1 Å². The molecule has 0 saturated heterocycles. The fourth-order valence-corrected chi connectivity index (χ4v) is 5.90. The highest BCUT2D eigenvalue weighted by atomic mass is 35.5. The summed E-state index contributed by atoms with van der Waals surface area (Å²) in [5, 5.41) is 30.3. The van der Waals surface area contributed by atoms with Crippen LogP contribution in [0.3, 0.4) is 0 Å². The van der Waals surface area contributed by atoms with Crippen LogP contribution < -0.4 is 26.8 Å². The lowest BCUT2D eigenvalue weighted by molar-refractivity contribution is 0.406. The molecule has 54 heavy (non-hydrogen) atoms. The van der Waals surface area contributed by atoms with Gasteiger partial charge >= 0.3 is 0 Å². The Labute approximate surface area is 317 Å². The van der Waals surface area contributed by atoms with E-state index in [1.54, 1.807) is 45.0 Å². The number of aromatic nitrogens is 7. The molecule has 6 rings (SSSR count). The minimum absolute atomic E-state index is 0.0216. The van der Waals surface area contributed by atoms with Gasteiger partial charge in [-0.2, -0.15) is 38.3 Å². The lowest BCUT2D eigenvalue weighted by Crippen LogP contribution is -2.20. The van der Waals surface area contributed by atoms with Crippen LogP contribution in [0.4, 0.5) is 57.9 Å². The second kappa shape index (κ2) is 15.8. The first-order valence-electron chi connectivity index (χ1n) is 15.8. The van der Waals surface area contributed by atoms with E-state index in [4.69, 9.17) is 23.2 Å². The summed E-state index contributed by atoms with van der Waals surface area (Å²) in [7, 11) is -4.77. The molecule has 0 saturated carbocycles. The number of nitrogens with zero attached hydrogens (tertiary/aromatic N) is 9. The van der Waals surface area contributed by atoms with Gasteiger partial charge in [0.2, 0.25) is 34.4 Å². The Balaban J connectivity index is 1.23. The molecular formula is C33H29Cl2N13O5S. The monoisotopic (exact) mass is 789 g/mol. The van der Waals surface area contributed by atoms with Gasteiger partial charge in [0.15, 0.2) is 11.6 Å². The van der Waals surface area contributed by atoms with Gasteiger partial charge in [-0.15, -0.1) is 10.2 Å². The molecule has 3 aromatic carbocycles. The van der Waals surface area contributed by atoms with E-state index in [1.807, 2.05) is 30.3 Å². The first kappa shape index (κ1) is 37.5. The Bertz CT molecular complexity index is 2580. The van der Waals surface area contributed by atoms with E-state index >= 15 is 0 Å². The molecule has 0 aliphatic rings. The molecule has 0 spiro atoms. The van der Waals surface area contributed by atoms with Crippen LogP contribution in [0.1, 0.15) is 18.1 Å². The van der Waals surface area contributed by atoms with Crippen molar-refractivity contribution >= 4 is 91.2 Å². The molecule has 6 aromatic rings. The molecule has 0 radical (unpaired) electrons. The Hall–Kier alpha value is -6.28. The van der Waals surface area contributed by atoms with E-state index in [2.05, 4.69) is 61.4 Å². The van der Waals surface area contributed by atoms with Crippen molar-refractivity contribution in [2.45, 2.75) is 32.2 Å². The van der Waals surface area contributed by atoms with Gasteiger partial charge in [0.05, 0.1) is 0 Å². The quantitative estimate of drug-likeness (QED) is 0.0519. The topological polar surface area (TPSA) is 247 Å². The van der Waals surface area contributed by atoms with Crippen LogP contribution in [0.5, 0.6) is 5.88 Å². The summed E-state index contributed by atoms with van der Waals surface area (Å²) in [5.74, 6) is 0.222. The third-order valence-corrected chi connectivity index (χ3v) is 8.88. The summed E-state index contributed by atoms with van der Waals surface area (Å²) in [5.41, 5.74) is 1.79. The van der Waals surface area contributed by atoms with Gasteiger partial charge in [-0.25, -0.2) is 0 Å². The highest BCUT2D eigenvalue weighted by Gasteiger charge is 2.19. The van der Waals surface area contributed by atoms with E-state index in [-0.39, 0.29) is 63.8 Å². The number of hydrogen-bond acceptors (Lipinski definition) is 16. The summed E-state index contributed by atoms with van der Waals surface area (Å²) in [6.07, 6.45) is 0. The Morgan fingerprint density at radius 2 is 1.19 bits per heavy atom. The number of aromatic hydroxyl groups is 1. The molecule has 276 valence electrons. The number of benzene rings is 3. The van der Waals surface area contributed by atoms with Gasteiger partial charge in [-0.1, -0.05) is 24.3 Å². The fraction of sp³-hybridized carbons (Fsp3) is 0.121. The SMILES string of the molecule is CCn1c(O)c(C)c(C)c(/N=N/c2cc(Nc3nc(Cl)nc(Nc4cccc(Nc5nc(Cl)nc(Nc6ccccc6)n5)c4)n3)ccc2S(=O)(=O)O)c1=O. The molecule has 0 amide bonds. The van der Waals surface area contributed by atoms with Crippen LogP contribution in [0.2, 0.25) is 10.6 Å². The van der Waals surface area contributed by atoms with Crippen molar-refractivity contribution in [1.82, 2.24) is 34.5 Å². The van der Waals surface area contributed by atoms with Gasteiger partial charge < -0.3 is 26.4 Å². The number of anilines is 8. The van der Waals surface area contributed by atoms with Gasteiger partial charge in [0, 0.05) is 34.9 Å². The van der Waals surface area contributed by atoms with Crippen LogP contribution in [0.25, 0.3) is 0 Å². The number of halogens is 2. The van der Waals surface area contributed by atoms with Crippen molar-refractivity contribution < 1.29 is 18.1 Å². The Morgan fingerprint density at radius 1 is 0.685 bits per heavy atom. The van der Waals surface area contributed by atoms with Crippen molar-refractivity contribution in [2.24, 2.45) is 10.2 Å². The van der Waals surface area contributed by atoms with Crippen molar-refractivity contribution in [3.63, 3.8) is 0 Å². The second-order valence-electron chi connectivity index (χ2n) is 11.3. The zero-order chi connectivity index (χ0) is 38.6. The van der Waals surface area contributed by atoms with Crippen molar-refractivity contribution in [1.29, 1.82) is 0 Å². The lowest BCUT2D eigenvalue weighted by Gasteiger charge is -2.12. The van der Waals surface area contributed by atoms with Gasteiger partial charge in [-0.3, -0.25) is 13.9 Å². The minimum atomic E-state index is -4.77. The number of para-hydroxylation sites is 1. The molecule has 0 atom stereocenters. The number of nitrogens with one attached hydrogen (secondary N) is 4. The number of pyridine rings is 1. The van der Waals surface area contributed by atoms with Crippen LogP contribution in [0, 0.1) is 13.8 Å². The maximum atomic E-state index is 13.0. The Kier molecular flexibility index (Phi) is 10.9. The summed E-state index contributed by atoms with van der Waals surface area (Å²) < 4.78 is 35.4. The molecular weight excluding hydrogens is 761 g/mol. The zero-order valence-corrected chi connectivity index (χ0v) is 30.8. The van der Waals surface area contributed by atoms with Crippen molar-refractivity contribution in [3.8, 4) is 5.88 Å². The molecule has 18 nitrogen and oxygen atoms in total. The maximum Gasteiger partial charge on any atom is 0.296 e. The van der Waals surface area contributed by atoms with Crippen molar-refractivity contribution in [2.75, 3.05) is 21.3 Å². The van der Waals surface area contributed by atoms with E-state index in [1.165, 1.54) is 12.1 Å². The molecule has 0 fully saturated rings. The third kappa shape index (κ3) is 8.84. The second-order valence-corrected chi connectivity index (χ2v) is 13.3. The average molecular weight is 791 g/mol. The molecule has 3 aromatic heterocycles. The number of azo groups is 1. The van der Waals surface area contributed by atoms with Crippen LogP contribution in [-0.4, -0.2) is 52.5 Å². The molecule has 0 aliphatic carbocycles. The van der Waals surface area contributed by atoms with Crippen molar-refractivity contribution in [3.05, 3.63) is 105 Å². The van der Waals surface area contributed by atoms with Crippen LogP contribution in [0.15, 0.2) is 92.7 Å². The highest BCUT2D eigenvalue weighted by Crippen LogP contribution is 2.32. The van der Waals surface area contributed by atoms with E-state index < -0.39 is 20.6 Å². The first-order valence-corrected chi connectivity index (χ1v) is 18.0. The minimum Gasteiger partial charge on any atom is -0.494 e. The number of rotatable bonds is 12. The lowest BCUT2D eigenvalue weighted by atomic mass is 10.1. The van der Waals surface area contributed by atoms with Crippen LogP contribution >= 0.6 is 23.2 Å². The standard InChI is InChI=1S/C33H29Cl2N13O5S/c1-4-48-26(49)18(3)17(2)25(27(48)50)47-46-23-16-22(13-14-24(23)54(51,52)53)39-33-43-29(35)42-32(45-33)38-21-12-8-11-20(15-21)37-31-41-28(34)40-30(44-31)36-19-9-6-5-7-10-19/h5-16,49H,4H2,1-3H3,(H,51,52,53)(H2,36,37,40,41,44)(H2,38,39,42,43,45)/b47-46+. The first-order chi connectivity index (χ1) is 25.8. The molecule has 0 unspecified atom stereocenters. The van der Waals surface area contributed by atoms with Gasteiger partial charge in [0.1, 0.15) is 10.6 Å². The van der Waals surface area contributed by atoms with Gasteiger partial charge in [0.25, 0.3) is 15.7 Å². The zero-order valence-electron chi connectivity index (χ0n) is 28.4. The molecule has 0 bridgehead atoms. The third-order valence-electron chi connectivity index (χ3n) is 7.64. The largest absolute Gasteiger partial charge is 0.494 e. The van der Waals surface area contributed by atoms with E-state index in [0.29, 0.717) is 22.5 Å². The number of hydrogen-bond donors (Lipinski definition) is 6. The maximum absolute atomic E-state index is 13.0. The summed E-state index contributed by atoms with van der Waals surface area (Å²) in [6.45, 7) is 5.00. The summed E-state index contributed by atoms with van der Waals surface area (Å²) >= 11 is 12.4. The summed E-state index contributed by atoms with van der Waals surface area (Å²) in [4.78, 5) is 37.7. The predicted octanol–water partition coefficient (Wildman–Crippen LogP) is 7.50. The molecule has 0 aliphatic heterocycles. The fourth-order valence-electron chi connectivity index (χ4n) is 4.97. The van der Waals surface area contributed by atoms with E-state index in [9.17, 15) is 22.9 Å². The van der Waals surface area contributed by atoms with E-state index in [0.717, 1.165) is 16.3 Å². The highest BCUT2D eigenvalue weighted by molar-refractivity contribution is 7.86. The Morgan fingerprint density at radius 3 is 1.70 bits per heavy atom. The molecule has 21 heteroatoms. The normalized spacial score (nSPS) is 11.4. The smallest absolute Gasteiger partial charge is 0.296 e. The van der Waals surface area contributed by atoms with Crippen LogP contribution in [-0.2, 0) is 16.7 Å². The molecule has 3 heterocycles. The molecule has 6 N–H and O–H groups in total.